The van der Waals surface area contributed by atoms with Crippen molar-refractivity contribution in [1.29, 1.82) is 0 Å². The molecule has 5 heteroatoms. The summed E-state index contributed by atoms with van der Waals surface area (Å²) in [6, 6.07) is 5.93. The molecular formula is C7H9NO3S. The third kappa shape index (κ3) is 1.75. The van der Waals surface area contributed by atoms with Crippen molar-refractivity contribution in [3.8, 4) is 0 Å². The number of benzene rings is 1. The Morgan fingerprint density at radius 3 is 2.58 bits per heavy atom. The molecule has 1 aromatic rings. The molecule has 0 atom stereocenters. The van der Waals surface area contributed by atoms with Crippen molar-refractivity contribution < 1.29 is 12.6 Å². The van der Waals surface area contributed by atoms with E-state index in [-0.39, 0.29) is 4.90 Å². The quantitative estimate of drug-likeness (QED) is 0.544. The first-order valence-corrected chi connectivity index (χ1v) is 4.63. The van der Waals surface area contributed by atoms with Crippen molar-refractivity contribution in [2.24, 2.45) is 0 Å². The van der Waals surface area contributed by atoms with E-state index >= 15 is 0 Å². The smallest absolute Gasteiger partial charge is 0.296 e. The van der Waals surface area contributed by atoms with Crippen LogP contribution in [0.5, 0.6) is 0 Å². The highest BCUT2D eigenvalue weighted by Gasteiger charge is 2.11. The van der Waals surface area contributed by atoms with Gasteiger partial charge in [0.2, 0.25) is 0 Å². The van der Waals surface area contributed by atoms with E-state index < -0.39 is 10.1 Å². The highest BCUT2D eigenvalue weighted by atomic mass is 32.2. The number of hydrogen-bond donors (Lipinski definition) is 1. The summed E-state index contributed by atoms with van der Waals surface area (Å²) in [7, 11) is -2.49. The molecule has 12 heavy (non-hydrogen) atoms. The van der Waals surface area contributed by atoms with Gasteiger partial charge in [-0.3, -0.25) is 4.18 Å². The van der Waals surface area contributed by atoms with Crippen LogP contribution >= 0.6 is 0 Å². The topological polar surface area (TPSA) is 69.4 Å². The van der Waals surface area contributed by atoms with Gasteiger partial charge in [0.15, 0.2) is 0 Å². The first-order chi connectivity index (χ1) is 5.56. The van der Waals surface area contributed by atoms with Crippen LogP contribution in [0, 0.1) is 0 Å². The fourth-order valence-corrected chi connectivity index (χ4v) is 1.48. The Kier molecular flexibility index (Phi) is 2.35. The molecule has 0 bridgehead atoms. The van der Waals surface area contributed by atoms with Gasteiger partial charge >= 0.3 is 0 Å². The lowest BCUT2D eigenvalue weighted by atomic mass is 10.3. The van der Waals surface area contributed by atoms with Gasteiger partial charge in [0.25, 0.3) is 10.1 Å². The lowest BCUT2D eigenvalue weighted by Crippen LogP contribution is -2.02. The highest BCUT2D eigenvalue weighted by Crippen LogP contribution is 2.13. The third-order valence-electron chi connectivity index (χ3n) is 1.37. The summed E-state index contributed by atoms with van der Waals surface area (Å²) in [5.41, 5.74) is 5.79. The number of nitrogens with two attached hydrogens (primary N) is 1. The fraction of sp³-hybridized carbons (Fsp3) is 0.143. The predicted octanol–water partition coefficient (Wildman–Crippen LogP) is 0.604. The minimum absolute atomic E-state index is 0.0741. The van der Waals surface area contributed by atoms with Gasteiger partial charge in [-0.2, -0.15) is 8.42 Å². The fourth-order valence-electron chi connectivity index (χ4n) is 0.766. The van der Waals surface area contributed by atoms with Crippen molar-refractivity contribution in [2.75, 3.05) is 12.8 Å². The molecule has 0 unspecified atom stereocenters. The van der Waals surface area contributed by atoms with Crippen molar-refractivity contribution in [3.63, 3.8) is 0 Å². The Hall–Kier alpha value is -1.07. The number of nitrogen functional groups attached to an aromatic ring is 1. The van der Waals surface area contributed by atoms with E-state index in [1.807, 2.05) is 0 Å². The molecule has 0 heterocycles. The Morgan fingerprint density at radius 2 is 2.08 bits per heavy atom. The molecule has 0 radical (unpaired) electrons. The molecule has 2 N–H and O–H groups in total. The van der Waals surface area contributed by atoms with Crippen LogP contribution < -0.4 is 5.73 Å². The van der Waals surface area contributed by atoms with Gasteiger partial charge in [-0.1, -0.05) is 6.07 Å². The largest absolute Gasteiger partial charge is 0.399 e. The lowest BCUT2D eigenvalue weighted by molar-refractivity contribution is 0.398. The van der Waals surface area contributed by atoms with E-state index in [4.69, 9.17) is 5.73 Å². The van der Waals surface area contributed by atoms with Crippen molar-refractivity contribution in [2.45, 2.75) is 4.90 Å². The van der Waals surface area contributed by atoms with E-state index in [0.29, 0.717) is 5.69 Å². The van der Waals surface area contributed by atoms with Gasteiger partial charge in [-0.05, 0) is 18.2 Å². The summed E-state index contributed by atoms with van der Waals surface area (Å²) in [4.78, 5) is 0.0741. The van der Waals surface area contributed by atoms with Crippen LogP contribution in [0.1, 0.15) is 0 Å². The second kappa shape index (κ2) is 3.12. The van der Waals surface area contributed by atoms with Crippen LogP contribution in [0.4, 0.5) is 5.69 Å². The van der Waals surface area contributed by atoms with Gasteiger partial charge in [0, 0.05) is 5.69 Å². The minimum atomic E-state index is -3.60. The maximum atomic E-state index is 11.1. The van der Waals surface area contributed by atoms with Crippen molar-refractivity contribution in [1.82, 2.24) is 0 Å². The van der Waals surface area contributed by atoms with Gasteiger partial charge in [-0.25, -0.2) is 0 Å². The molecule has 1 rings (SSSR count). The van der Waals surface area contributed by atoms with Gasteiger partial charge in [0.1, 0.15) is 0 Å². The van der Waals surface area contributed by atoms with Gasteiger partial charge in [-0.15, -0.1) is 0 Å². The lowest BCUT2D eigenvalue weighted by Gasteiger charge is -2.00. The predicted molar refractivity (Wildman–Crippen MR) is 45.0 cm³/mol. The maximum Gasteiger partial charge on any atom is 0.296 e. The van der Waals surface area contributed by atoms with E-state index in [0.717, 1.165) is 7.11 Å². The van der Waals surface area contributed by atoms with E-state index in [9.17, 15) is 8.42 Å². The molecule has 0 saturated heterocycles. The Bertz CT molecular complexity index is 372. The van der Waals surface area contributed by atoms with Crippen molar-refractivity contribution >= 4 is 15.8 Å². The molecule has 0 aliphatic rings. The van der Waals surface area contributed by atoms with Crippen LogP contribution in [0.15, 0.2) is 29.2 Å². The molecule has 66 valence electrons. The zero-order valence-corrected chi connectivity index (χ0v) is 7.34. The summed E-state index contributed by atoms with van der Waals surface area (Å²) in [5, 5.41) is 0. The highest BCUT2D eigenvalue weighted by molar-refractivity contribution is 7.86. The molecule has 0 aliphatic heterocycles. The second-order valence-electron chi connectivity index (χ2n) is 2.19. The SMILES string of the molecule is COS(=O)(=O)c1cccc(N)c1. The third-order valence-corrected chi connectivity index (χ3v) is 2.64. The molecule has 1 aromatic carbocycles. The van der Waals surface area contributed by atoms with Crippen molar-refractivity contribution in [3.05, 3.63) is 24.3 Å². The maximum absolute atomic E-state index is 11.1. The first kappa shape index (κ1) is 9.02. The average Bonchev–Trinajstić information content (AvgIpc) is 2.05. The molecule has 0 amide bonds. The van der Waals surface area contributed by atoms with Gasteiger partial charge in [0.05, 0.1) is 12.0 Å². The monoisotopic (exact) mass is 187 g/mol. The molecule has 0 saturated carbocycles. The number of anilines is 1. The number of rotatable bonds is 2. The van der Waals surface area contributed by atoms with Gasteiger partial charge < -0.3 is 5.73 Å². The molecule has 0 aliphatic carbocycles. The normalized spacial score (nSPS) is 11.4. The Balaban J connectivity index is 3.21. The Labute approximate surface area is 71.1 Å². The van der Waals surface area contributed by atoms with Crippen LogP contribution in [0.2, 0.25) is 0 Å². The zero-order valence-electron chi connectivity index (χ0n) is 6.52. The standard InChI is InChI=1S/C7H9NO3S/c1-11-12(9,10)7-4-2-3-6(8)5-7/h2-5H,8H2,1H3. The molecule has 0 aromatic heterocycles. The van der Waals surface area contributed by atoms with E-state index in [1.54, 1.807) is 12.1 Å². The summed E-state index contributed by atoms with van der Waals surface area (Å²) in [6.07, 6.45) is 0. The van der Waals surface area contributed by atoms with Crippen LogP contribution in [-0.2, 0) is 14.3 Å². The molecule has 0 spiro atoms. The summed E-state index contributed by atoms with van der Waals surface area (Å²) < 4.78 is 26.4. The van der Waals surface area contributed by atoms with E-state index in [1.165, 1.54) is 12.1 Å². The Morgan fingerprint density at radius 1 is 1.42 bits per heavy atom. The summed E-state index contributed by atoms with van der Waals surface area (Å²) in [6.45, 7) is 0. The summed E-state index contributed by atoms with van der Waals surface area (Å²) >= 11 is 0. The molecular weight excluding hydrogens is 178 g/mol. The first-order valence-electron chi connectivity index (χ1n) is 3.22. The minimum Gasteiger partial charge on any atom is -0.399 e. The van der Waals surface area contributed by atoms with Crippen LogP contribution in [0.25, 0.3) is 0 Å². The van der Waals surface area contributed by atoms with E-state index in [2.05, 4.69) is 4.18 Å². The molecule has 4 nitrogen and oxygen atoms in total. The summed E-state index contributed by atoms with van der Waals surface area (Å²) in [5.74, 6) is 0. The average molecular weight is 187 g/mol. The second-order valence-corrected chi connectivity index (χ2v) is 3.91. The molecule has 0 fully saturated rings. The van der Waals surface area contributed by atoms with Crippen LogP contribution in [0.3, 0.4) is 0 Å². The number of hydrogen-bond acceptors (Lipinski definition) is 4. The zero-order chi connectivity index (χ0) is 9.19. The van der Waals surface area contributed by atoms with Crippen LogP contribution in [-0.4, -0.2) is 15.5 Å².